The van der Waals surface area contributed by atoms with Crippen molar-refractivity contribution in [3.05, 3.63) is 17.5 Å². The molecule has 1 saturated carbocycles. The van der Waals surface area contributed by atoms with Crippen molar-refractivity contribution in [1.82, 2.24) is 9.78 Å². The Morgan fingerprint density at radius 2 is 2.36 bits per heavy atom. The van der Waals surface area contributed by atoms with Gasteiger partial charge in [-0.1, -0.05) is 6.92 Å². The molecular formula is C9H14N2. The van der Waals surface area contributed by atoms with Crippen LogP contribution in [0.1, 0.15) is 36.9 Å². The number of rotatable bonds is 2. The third-order valence-electron chi connectivity index (χ3n) is 2.28. The van der Waals surface area contributed by atoms with E-state index in [-0.39, 0.29) is 0 Å². The lowest BCUT2D eigenvalue weighted by Crippen LogP contribution is -1.89. The van der Waals surface area contributed by atoms with Gasteiger partial charge in [-0.3, -0.25) is 4.68 Å². The van der Waals surface area contributed by atoms with Gasteiger partial charge in [0, 0.05) is 19.2 Å². The summed E-state index contributed by atoms with van der Waals surface area (Å²) in [4.78, 5) is 0. The van der Waals surface area contributed by atoms with Gasteiger partial charge in [0.1, 0.15) is 0 Å². The summed E-state index contributed by atoms with van der Waals surface area (Å²) in [6, 6.07) is 0. The fourth-order valence-electron chi connectivity index (χ4n) is 1.53. The molecule has 11 heavy (non-hydrogen) atoms. The molecule has 0 aromatic carbocycles. The summed E-state index contributed by atoms with van der Waals surface area (Å²) in [6.45, 7) is 2.20. The van der Waals surface area contributed by atoms with Crippen molar-refractivity contribution < 1.29 is 0 Å². The standard InChI is InChI=1S/C9H14N2/c1-3-7-6-11(2)10-9(7)8-4-5-8/h6,8H,3-5H2,1-2H3. The highest BCUT2D eigenvalue weighted by Gasteiger charge is 2.28. The topological polar surface area (TPSA) is 17.8 Å². The maximum Gasteiger partial charge on any atom is 0.0687 e. The van der Waals surface area contributed by atoms with E-state index in [1.165, 1.54) is 24.1 Å². The maximum absolute atomic E-state index is 4.46. The van der Waals surface area contributed by atoms with Gasteiger partial charge >= 0.3 is 0 Å². The SMILES string of the molecule is CCc1cn(C)nc1C1CC1. The third-order valence-corrected chi connectivity index (χ3v) is 2.28. The highest BCUT2D eigenvalue weighted by atomic mass is 15.3. The van der Waals surface area contributed by atoms with Crippen LogP contribution < -0.4 is 0 Å². The van der Waals surface area contributed by atoms with Gasteiger partial charge in [-0.15, -0.1) is 0 Å². The van der Waals surface area contributed by atoms with Crippen molar-refractivity contribution in [2.75, 3.05) is 0 Å². The fourth-order valence-corrected chi connectivity index (χ4v) is 1.53. The van der Waals surface area contributed by atoms with Crippen LogP contribution in [0.25, 0.3) is 0 Å². The van der Waals surface area contributed by atoms with E-state index in [0.29, 0.717) is 0 Å². The van der Waals surface area contributed by atoms with Crippen LogP contribution in [-0.4, -0.2) is 9.78 Å². The van der Waals surface area contributed by atoms with Crippen LogP contribution >= 0.6 is 0 Å². The summed E-state index contributed by atoms with van der Waals surface area (Å²) in [5.74, 6) is 0.797. The highest BCUT2D eigenvalue weighted by molar-refractivity contribution is 5.24. The summed E-state index contributed by atoms with van der Waals surface area (Å²) in [6.07, 6.45) is 5.97. The van der Waals surface area contributed by atoms with E-state index < -0.39 is 0 Å². The monoisotopic (exact) mass is 150 g/mol. The zero-order valence-corrected chi connectivity index (χ0v) is 7.17. The molecule has 0 saturated heterocycles. The molecule has 1 fully saturated rings. The molecule has 0 radical (unpaired) electrons. The normalized spacial score (nSPS) is 17.3. The molecule has 2 heteroatoms. The molecule has 0 amide bonds. The first-order chi connectivity index (χ1) is 5.31. The van der Waals surface area contributed by atoms with Gasteiger partial charge in [-0.2, -0.15) is 5.10 Å². The number of hydrogen-bond donors (Lipinski definition) is 0. The third kappa shape index (κ3) is 1.17. The van der Waals surface area contributed by atoms with Crippen LogP contribution in [0, 0.1) is 0 Å². The smallest absolute Gasteiger partial charge is 0.0687 e. The van der Waals surface area contributed by atoms with Crippen LogP contribution in [0.2, 0.25) is 0 Å². The lowest BCUT2D eigenvalue weighted by molar-refractivity contribution is 0.744. The number of hydrogen-bond acceptors (Lipinski definition) is 1. The number of aromatic nitrogens is 2. The number of aryl methyl sites for hydroxylation is 2. The second-order valence-electron chi connectivity index (χ2n) is 3.34. The molecule has 2 nitrogen and oxygen atoms in total. The summed E-state index contributed by atoms with van der Waals surface area (Å²) in [7, 11) is 2.00. The molecule has 0 N–H and O–H groups in total. The Morgan fingerprint density at radius 3 is 2.91 bits per heavy atom. The van der Waals surface area contributed by atoms with Gasteiger partial charge in [0.25, 0.3) is 0 Å². The largest absolute Gasteiger partial charge is 0.275 e. The maximum atomic E-state index is 4.46. The predicted octanol–water partition coefficient (Wildman–Crippen LogP) is 1.86. The average molecular weight is 150 g/mol. The van der Waals surface area contributed by atoms with E-state index in [1.807, 2.05) is 11.7 Å². The molecule has 0 bridgehead atoms. The molecule has 0 atom stereocenters. The van der Waals surface area contributed by atoms with Gasteiger partial charge in [0.15, 0.2) is 0 Å². The second-order valence-corrected chi connectivity index (χ2v) is 3.34. The van der Waals surface area contributed by atoms with Crippen LogP contribution in [-0.2, 0) is 13.5 Å². The predicted molar refractivity (Wildman–Crippen MR) is 44.6 cm³/mol. The van der Waals surface area contributed by atoms with E-state index >= 15 is 0 Å². The second kappa shape index (κ2) is 2.36. The summed E-state index contributed by atoms with van der Waals surface area (Å²) < 4.78 is 1.94. The van der Waals surface area contributed by atoms with E-state index in [4.69, 9.17) is 0 Å². The molecule has 1 aromatic heterocycles. The molecule has 2 rings (SSSR count). The molecule has 1 aliphatic carbocycles. The van der Waals surface area contributed by atoms with E-state index in [9.17, 15) is 0 Å². The number of nitrogens with zero attached hydrogens (tertiary/aromatic N) is 2. The first-order valence-corrected chi connectivity index (χ1v) is 4.33. The van der Waals surface area contributed by atoms with Crippen LogP contribution in [0.3, 0.4) is 0 Å². The Hall–Kier alpha value is -0.790. The molecule has 1 heterocycles. The quantitative estimate of drug-likeness (QED) is 0.629. The molecule has 0 spiro atoms. The fraction of sp³-hybridized carbons (Fsp3) is 0.667. The first kappa shape index (κ1) is 6.89. The zero-order chi connectivity index (χ0) is 7.84. The van der Waals surface area contributed by atoms with Crippen molar-refractivity contribution >= 4 is 0 Å². The summed E-state index contributed by atoms with van der Waals surface area (Å²) in [5.41, 5.74) is 2.80. The van der Waals surface area contributed by atoms with E-state index in [2.05, 4.69) is 18.2 Å². The Morgan fingerprint density at radius 1 is 1.64 bits per heavy atom. The van der Waals surface area contributed by atoms with Crippen molar-refractivity contribution in [2.45, 2.75) is 32.1 Å². The van der Waals surface area contributed by atoms with Gasteiger partial charge in [-0.25, -0.2) is 0 Å². The van der Waals surface area contributed by atoms with Gasteiger partial charge in [0.05, 0.1) is 5.69 Å². The molecule has 0 aliphatic heterocycles. The zero-order valence-electron chi connectivity index (χ0n) is 7.17. The lowest BCUT2D eigenvalue weighted by Gasteiger charge is -1.92. The van der Waals surface area contributed by atoms with Gasteiger partial charge in [-0.05, 0) is 24.8 Å². The van der Waals surface area contributed by atoms with Crippen LogP contribution in [0.15, 0.2) is 6.20 Å². The highest BCUT2D eigenvalue weighted by Crippen LogP contribution is 2.40. The summed E-state index contributed by atoms with van der Waals surface area (Å²) in [5, 5.41) is 4.46. The Balaban J connectivity index is 2.34. The average Bonchev–Trinajstić information content (AvgIpc) is 2.75. The minimum absolute atomic E-state index is 0.797. The Labute approximate surface area is 67.2 Å². The van der Waals surface area contributed by atoms with Crippen molar-refractivity contribution in [1.29, 1.82) is 0 Å². The van der Waals surface area contributed by atoms with Crippen LogP contribution in [0.4, 0.5) is 0 Å². The van der Waals surface area contributed by atoms with Crippen molar-refractivity contribution in [3.63, 3.8) is 0 Å². The van der Waals surface area contributed by atoms with Crippen molar-refractivity contribution in [3.8, 4) is 0 Å². The van der Waals surface area contributed by atoms with E-state index in [1.54, 1.807) is 0 Å². The molecule has 0 unspecified atom stereocenters. The summed E-state index contributed by atoms with van der Waals surface area (Å²) >= 11 is 0. The molecule has 1 aliphatic rings. The van der Waals surface area contributed by atoms with Gasteiger partial charge in [0.2, 0.25) is 0 Å². The minimum Gasteiger partial charge on any atom is -0.275 e. The Bertz CT molecular complexity index is 259. The van der Waals surface area contributed by atoms with Crippen molar-refractivity contribution in [2.24, 2.45) is 7.05 Å². The Kier molecular flexibility index (Phi) is 1.48. The minimum atomic E-state index is 0.797. The van der Waals surface area contributed by atoms with Gasteiger partial charge < -0.3 is 0 Å². The molecular weight excluding hydrogens is 136 g/mol. The van der Waals surface area contributed by atoms with Crippen LogP contribution in [0.5, 0.6) is 0 Å². The molecule has 1 aromatic rings. The lowest BCUT2D eigenvalue weighted by atomic mass is 10.1. The molecule has 60 valence electrons. The first-order valence-electron chi connectivity index (χ1n) is 4.33. The van der Waals surface area contributed by atoms with E-state index in [0.717, 1.165) is 12.3 Å².